The molecule has 0 radical (unpaired) electrons. The molecule has 3 nitrogen and oxygen atoms in total. The van der Waals surface area contributed by atoms with Crippen LogP contribution in [-0.2, 0) is 6.54 Å². The molecule has 0 bridgehead atoms. The molecule has 16 heavy (non-hydrogen) atoms. The monoisotopic (exact) mass is 237 g/mol. The summed E-state index contributed by atoms with van der Waals surface area (Å²) in [7, 11) is 0. The maximum absolute atomic E-state index is 13.3. The Balaban J connectivity index is 2.25. The van der Waals surface area contributed by atoms with Gasteiger partial charge in [0.1, 0.15) is 5.82 Å². The van der Waals surface area contributed by atoms with E-state index in [2.05, 4.69) is 0 Å². The molecule has 0 amide bonds. The van der Waals surface area contributed by atoms with Crippen LogP contribution in [0.5, 0.6) is 0 Å². The van der Waals surface area contributed by atoms with Crippen molar-refractivity contribution in [2.24, 2.45) is 0 Å². The van der Waals surface area contributed by atoms with Crippen molar-refractivity contribution in [1.29, 1.82) is 0 Å². The number of benzene rings is 1. The van der Waals surface area contributed by atoms with Crippen LogP contribution in [-0.4, -0.2) is 10.4 Å². The number of carbonyl (C=O) groups excluding carboxylic acids is 1. The molecule has 0 saturated heterocycles. The van der Waals surface area contributed by atoms with Crippen LogP contribution in [0.2, 0.25) is 0 Å². The fourth-order valence-corrected chi connectivity index (χ4v) is 1.92. The number of carbonyl (C=O) groups is 1. The van der Waals surface area contributed by atoms with E-state index >= 15 is 0 Å². The Labute approximate surface area is 94.8 Å². The van der Waals surface area contributed by atoms with Crippen molar-refractivity contribution in [3.8, 4) is 0 Å². The summed E-state index contributed by atoms with van der Waals surface area (Å²) >= 11 is 1.01. The van der Waals surface area contributed by atoms with Gasteiger partial charge in [-0.1, -0.05) is 23.5 Å². The average Bonchev–Trinajstić information content (AvgIpc) is 2.65. The van der Waals surface area contributed by atoms with Crippen molar-refractivity contribution < 1.29 is 9.18 Å². The Hall–Kier alpha value is -1.75. The number of Topliss-reactive ketones (excluding diaryl/α,β-unsaturated/α-hetero) is 1. The second-order valence-electron chi connectivity index (χ2n) is 3.20. The van der Waals surface area contributed by atoms with E-state index in [0.29, 0.717) is 0 Å². The molecule has 5 heteroatoms. The van der Waals surface area contributed by atoms with Gasteiger partial charge in [-0.05, 0) is 12.1 Å². The molecule has 82 valence electrons. The topological polar surface area (TPSA) is 39.1 Å². The molecular weight excluding hydrogens is 229 g/mol. The number of rotatable bonds is 3. The van der Waals surface area contributed by atoms with Crippen molar-refractivity contribution in [1.82, 2.24) is 4.57 Å². The summed E-state index contributed by atoms with van der Waals surface area (Å²) in [5.41, 5.74) is 0.0144. The third-order valence-electron chi connectivity index (χ3n) is 2.13. The quantitative estimate of drug-likeness (QED) is 0.765. The van der Waals surface area contributed by atoms with Gasteiger partial charge in [0.2, 0.25) is 0 Å². The summed E-state index contributed by atoms with van der Waals surface area (Å²) in [6.45, 7) is -0.122. The van der Waals surface area contributed by atoms with Crippen LogP contribution in [0, 0.1) is 5.82 Å². The van der Waals surface area contributed by atoms with Gasteiger partial charge in [0.15, 0.2) is 5.78 Å². The fraction of sp³-hybridized carbons (Fsp3) is 0.0909. The molecule has 0 fully saturated rings. The number of hydrogen-bond donors (Lipinski definition) is 0. The van der Waals surface area contributed by atoms with Crippen molar-refractivity contribution in [3.63, 3.8) is 0 Å². The Morgan fingerprint density at radius 2 is 2.12 bits per heavy atom. The van der Waals surface area contributed by atoms with Crippen LogP contribution >= 0.6 is 11.3 Å². The summed E-state index contributed by atoms with van der Waals surface area (Å²) in [4.78, 5) is 22.7. The highest BCUT2D eigenvalue weighted by Crippen LogP contribution is 2.08. The molecule has 1 aromatic carbocycles. The number of aromatic nitrogens is 1. The van der Waals surface area contributed by atoms with Gasteiger partial charge in [-0.15, -0.1) is 0 Å². The van der Waals surface area contributed by atoms with Gasteiger partial charge in [-0.25, -0.2) is 4.39 Å². The highest BCUT2D eigenvalue weighted by Gasteiger charge is 2.12. The van der Waals surface area contributed by atoms with Crippen molar-refractivity contribution >= 4 is 17.1 Å². The lowest BCUT2D eigenvalue weighted by Crippen LogP contribution is -2.19. The summed E-state index contributed by atoms with van der Waals surface area (Å²) < 4.78 is 14.5. The maximum Gasteiger partial charge on any atom is 0.307 e. The largest absolute Gasteiger partial charge is 0.307 e. The van der Waals surface area contributed by atoms with E-state index in [4.69, 9.17) is 0 Å². The van der Waals surface area contributed by atoms with Gasteiger partial charge in [0, 0.05) is 11.6 Å². The summed E-state index contributed by atoms with van der Waals surface area (Å²) in [5, 5.41) is 1.59. The Morgan fingerprint density at radius 3 is 2.75 bits per heavy atom. The zero-order valence-corrected chi connectivity index (χ0v) is 9.04. The van der Waals surface area contributed by atoms with Gasteiger partial charge < -0.3 is 0 Å². The molecule has 0 N–H and O–H groups in total. The van der Waals surface area contributed by atoms with Crippen molar-refractivity contribution in [2.45, 2.75) is 6.54 Å². The van der Waals surface area contributed by atoms with Crippen LogP contribution < -0.4 is 4.87 Å². The lowest BCUT2D eigenvalue weighted by Gasteiger charge is -2.02. The second-order valence-corrected chi connectivity index (χ2v) is 4.06. The third-order valence-corrected chi connectivity index (χ3v) is 2.83. The average molecular weight is 237 g/mol. The van der Waals surface area contributed by atoms with E-state index in [1.165, 1.54) is 29.0 Å². The van der Waals surface area contributed by atoms with Crippen LogP contribution in [0.1, 0.15) is 10.4 Å². The Morgan fingerprint density at radius 1 is 1.38 bits per heavy atom. The molecule has 0 aliphatic rings. The molecule has 2 rings (SSSR count). The molecule has 0 spiro atoms. The van der Waals surface area contributed by atoms with E-state index in [-0.39, 0.29) is 17.0 Å². The molecule has 2 aromatic rings. The molecule has 1 heterocycles. The first kappa shape index (κ1) is 10.8. The van der Waals surface area contributed by atoms with Gasteiger partial charge >= 0.3 is 4.87 Å². The zero-order valence-electron chi connectivity index (χ0n) is 8.22. The minimum atomic E-state index is -0.559. The van der Waals surface area contributed by atoms with Crippen molar-refractivity contribution in [3.05, 3.63) is 56.9 Å². The third kappa shape index (κ3) is 2.09. The van der Waals surface area contributed by atoms with Crippen molar-refractivity contribution in [2.75, 3.05) is 0 Å². The molecular formula is C11H8FNO2S. The highest BCUT2D eigenvalue weighted by molar-refractivity contribution is 7.07. The van der Waals surface area contributed by atoms with E-state index < -0.39 is 11.6 Å². The molecule has 0 aliphatic heterocycles. The van der Waals surface area contributed by atoms with Gasteiger partial charge in [-0.2, -0.15) is 0 Å². The predicted molar refractivity (Wildman–Crippen MR) is 59.3 cm³/mol. The van der Waals surface area contributed by atoms with Crippen LogP contribution in [0.15, 0.2) is 40.6 Å². The normalized spacial score (nSPS) is 10.3. The first-order chi connectivity index (χ1) is 7.68. The lowest BCUT2D eigenvalue weighted by atomic mass is 10.1. The van der Waals surface area contributed by atoms with E-state index in [0.717, 1.165) is 11.3 Å². The van der Waals surface area contributed by atoms with Gasteiger partial charge in [0.25, 0.3) is 0 Å². The van der Waals surface area contributed by atoms with E-state index in [1.807, 2.05) is 0 Å². The Kier molecular flexibility index (Phi) is 2.96. The first-order valence-electron chi connectivity index (χ1n) is 4.60. The highest BCUT2D eigenvalue weighted by atomic mass is 32.1. The van der Waals surface area contributed by atoms with E-state index in [9.17, 15) is 14.0 Å². The number of nitrogens with zero attached hydrogens (tertiary/aromatic N) is 1. The second kappa shape index (κ2) is 4.40. The predicted octanol–water partition coefficient (Wildman–Crippen LogP) is 1.93. The lowest BCUT2D eigenvalue weighted by molar-refractivity contribution is 0.0967. The molecule has 1 aromatic heterocycles. The number of halogens is 1. The minimum absolute atomic E-state index is 0.0144. The first-order valence-corrected chi connectivity index (χ1v) is 5.48. The number of ketones is 1. The number of hydrogen-bond acceptors (Lipinski definition) is 3. The fourth-order valence-electron chi connectivity index (χ4n) is 1.34. The number of thiazole rings is 1. The summed E-state index contributed by atoms with van der Waals surface area (Å²) in [5.74, 6) is -0.964. The summed E-state index contributed by atoms with van der Waals surface area (Å²) in [6, 6.07) is 5.74. The minimum Gasteiger partial charge on any atom is -0.298 e. The molecule has 0 aliphatic carbocycles. The summed E-state index contributed by atoms with van der Waals surface area (Å²) in [6.07, 6.45) is 1.52. The zero-order chi connectivity index (χ0) is 11.5. The molecule has 0 saturated carbocycles. The standard InChI is InChI=1S/C11H8FNO2S/c12-9-4-2-1-3-8(9)10(14)7-13-5-6-16-11(13)15/h1-6H,7H2. The van der Waals surface area contributed by atoms with Crippen LogP contribution in [0.25, 0.3) is 0 Å². The SMILES string of the molecule is O=C(Cn1ccsc1=O)c1ccccc1F. The smallest absolute Gasteiger partial charge is 0.298 e. The van der Waals surface area contributed by atoms with Crippen LogP contribution in [0.3, 0.4) is 0 Å². The van der Waals surface area contributed by atoms with Crippen LogP contribution in [0.4, 0.5) is 4.39 Å². The van der Waals surface area contributed by atoms with Gasteiger partial charge in [-0.3, -0.25) is 14.2 Å². The molecule has 0 unspecified atom stereocenters. The Bertz CT molecular complexity index is 573. The maximum atomic E-state index is 13.3. The van der Waals surface area contributed by atoms with Gasteiger partial charge in [0.05, 0.1) is 12.1 Å². The molecule has 0 atom stereocenters. The van der Waals surface area contributed by atoms with E-state index in [1.54, 1.807) is 11.4 Å².